The first-order chi connectivity index (χ1) is 21.1. The van der Waals surface area contributed by atoms with E-state index in [-0.39, 0.29) is 18.4 Å². The van der Waals surface area contributed by atoms with Crippen LogP contribution in [-0.2, 0) is 16.0 Å². The number of hydrogen-bond acceptors (Lipinski definition) is 5. The largest absolute Gasteiger partial charge is 0.484 e. The number of likely N-dealkylation sites (N-methyl/N-ethyl adjacent to an activating group) is 1. The fourth-order valence-electron chi connectivity index (χ4n) is 5.28. The van der Waals surface area contributed by atoms with Crippen LogP contribution < -0.4 is 10.1 Å². The van der Waals surface area contributed by atoms with Gasteiger partial charge in [0, 0.05) is 30.0 Å². The lowest BCUT2D eigenvalue weighted by Gasteiger charge is -2.29. The number of imide groups is 1. The van der Waals surface area contributed by atoms with Crippen LogP contribution in [0.4, 0.5) is 9.18 Å². The summed E-state index contributed by atoms with van der Waals surface area (Å²) in [6.45, 7) is 3.74. The van der Waals surface area contributed by atoms with E-state index in [1.54, 1.807) is 50.5 Å². The van der Waals surface area contributed by atoms with E-state index in [1.807, 2.05) is 44.2 Å². The summed E-state index contributed by atoms with van der Waals surface area (Å²) in [6, 6.07) is 18.8. The molecule has 11 heteroatoms. The van der Waals surface area contributed by atoms with Crippen LogP contribution in [-0.4, -0.2) is 58.3 Å². The molecule has 1 fully saturated rings. The number of hydrogen-bond donors (Lipinski definition) is 2. The Morgan fingerprint density at radius 2 is 1.80 bits per heavy atom. The maximum Gasteiger partial charge on any atom is 0.325 e. The van der Waals surface area contributed by atoms with Crippen molar-refractivity contribution >= 4 is 33.8 Å². The van der Waals surface area contributed by atoms with Crippen molar-refractivity contribution in [2.45, 2.75) is 38.3 Å². The van der Waals surface area contributed by atoms with E-state index in [4.69, 9.17) is 9.72 Å². The molecular weight excluding hydrogens is 629 g/mol. The van der Waals surface area contributed by atoms with E-state index in [0.29, 0.717) is 45.0 Å². The lowest BCUT2D eigenvalue weighted by molar-refractivity contribution is -0.131. The molecule has 1 aromatic heterocycles. The minimum atomic E-state index is -0.936. The minimum Gasteiger partial charge on any atom is -0.484 e. The highest BCUT2D eigenvalue weighted by atomic mass is 79.9. The van der Waals surface area contributed by atoms with Crippen molar-refractivity contribution in [1.29, 1.82) is 0 Å². The number of ether oxygens (including phenoxy) is 1. The normalized spacial score (nSPS) is 16.0. The molecule has 4 aromatic rings. The van der Waals surface area contributed by atoms with E-state index in [1.165, 1.54) is 15.9 Å². The smallest absolute Gasteiger partial charge is 0.325 e. The third kappa shape index (κ3) is 6.23. The fraction of sp³-hybridized carbons (Fsp3) is 0.273. The minimum absolute atomic E-state index is 0.118. The number of carbonyl (C=O) groups is 3. The molecule has 0 saturated carbocycles. The Morgan fingerprint density at radius 1 is 1.09 bits per heavy atom. The molecule has 228 valence electrons. The highest BCUT2D eigenvalue weighted by molar-refractivity contribution is 9.10. The average molecular weight is 663 g/mol. The quantitative estimate of drug-likeness (QED) is 0.198. The number of nitrogens with zero attached hydrogens (tertiary/aromatic N) is 3. The Balaban J connectivity index is 1.50. The van der Waals surface area contributed by atoms with Gasteiger partial charge >= 0.3 is 6.03 Å². The second-order valence-corrected chi connectivity index (χ2v) is 11.7. The standard InChI is InChI=1S/C33H33BrFN5O4/c1-5-26-29(24-16-13-22(34)17-25(24)35)37-31(36-26)30(19(2)20-9-7-6-8-10-20)40-32(42)28(38-33(40)43)21-11-14-23(15-12-21)44-18-27(41)39(3)4/h6-17,19,28,30H,5,18H2,1-4H3,(H,36,37)(H,38,43)/t19-,28+,30?/m0/s1. The van der Waals surface area contributed by atoms with Crippen LogP contribution in [0.3, 0.4) is 0 Å². The number of urea groups is 1. The van der Waals surface area contributed by atoms with E-state index < -0.39 is 29.8 Å². The molecule has 2 N–H and O–H groups in total. The molecule has 1 aliphatic rings. The molecule has 0 aliphatic carbocycles. The maximum atomic E-state index is 15.1. The van der Waals surface area contributed by atoms with E-state index in [2.05, 4.69) is 26.2 Å². The zero-order chi connectivity index (χ0) is 31.5. The van der Waals surface area contributed by atoms with Crippen molar-refractivity contribution in [3.8, 4) is 17.0 Å². The number of carbonyl (C=O) groups excluding carboxylic acids is 3. The Labute approximate surface area is 263 Å². The first kappa shape index (κ1) is 30.9. The molecule has 3 atom stereocenters. The predicted molar refractivity (Wildman–Crippen MR) is 167 cm³/mol. The van der Waals surface area contributed by atoms with Gasteiger partial charge in [0.25, 0.3) is 11.8 Å². The van der Waals surface area contributed by atoms with Crippen molar-refractivity contribution in [3.63, 3.8) is 0 Å². The van der Waals surface area contributed by atoms with Crippen LogP contribution in [0.25, 0.3) is 11.3 Å². The second-order valence-electron chi connectivity index (χ2n) is 10.8. The average Bonchev–Trinajstić information content (AvgIpc) is 3.57. The van der Waals surface area contributed by atoms with Crippen molar-refractivity contribution in [2.24, 2.45) is 0 Å². The third-order valence-corrected chi connectivity index (χ3v) is 8.23. The van der Waals surface area contributed by atoms with Gasteiger partial charge in [0.05, 0.1) is 11.4 Å². The zero-order valence-electron chi connectivity index (χ0n) is 24.8. The van der Waals surface area contributed by atoms with E-state index in [0.717, 1.165) is 5.56 Å². The van der Waals surface area contributed by atoms with Gasteiger partial charge in [-0.2, -0.15) is 0 Å². The van der Waals surface area contributed by atoms with Gasteiger partial charge in [-0.1, -0.05) is 72.2 Å². The van der Waals surface area contributed by atoms with Gasteiger partial charge in [0.15, 0.2) is 6.61 Å². The van der Waals surface area contributed by atoms with Crippen molar-refractivity contribution < 1.29 is 23.5 Å². The Bertz CT molecular complexity index is 1680. The summed E-state index contributed by atoms with van der Waals surface area (Å²) in [7, 11) is 3.29. The van der Waals surface area contributed by atoms with Gasteiger partial charge < -0.3 is 19.9 Å². The summed E-state index contributed by atoms with van der Waals surface area (Å²) in [5, 5.41) is 2.82. The van der Waals surface area contributed by atoms with Crippen molar-refractivity contribution in [1.82, 2.24) is 25.1 Å². The Morgan fingerprint density at radius 3 is 2.43 bits per heavy atom. The topological polar surface area (TPSA) is 108 Å². The molecule has 1 aliphatic heterocycles. The number of halogens is 2. The highest BCUT2D eigenvalue weighted by Crippen LogP contribution is 2.40. The second kappa shape index (κ2) is 13.0. The van der Waals surface area contributed by atoms with Gasteiger partial charge in [0.1, 0.15) is 29.5 Å². The molecule has 3 aromatic carbocycles. The maximum absolute atomic E-state index is 15.1. The molecule has 9 nitrogen and oxygen atoms in total. The molecule has 0 bridgehead atoms. The van der Waals surface area contributed by atoms with Crippen molar-refractivity contribution in [3.05, 3.63) is 106 Å². The molecule has 0 spiro atoms. The number of aromatic amines is 1. The third-order valence-electron chi connectivity index (χ3n) is 7.74. The number of amides is 4. The predicted octanol–water partition coefficient (Wildman–Crippen LogP) is 6.15. The molecule has 5 rings (SSSR count). The first-order valence-electron chi connectivity index (χ1n) is 14.2. The van der Waals surface area contributed by atoms with Crippen LogP contribution in [0.1, 0.15) is 54.5 Å². The van der Waals surface area contributed by atoms with Crippen LogP contribution in [0.2, 0.25) is 0 Å². The number of H-pyrrole nitrogens is 1. The Hall–Kier alpha value is -4.51. The molecular formula is C33H33BrFN5O4. The molecule has 0 radical (unpaired) electrons. The Kier molecular flexibility index (Phi) is 9.14. The summed E-state index contributed by atoms with van der Waals surface area (Å²) in [5.74, 6) is -0.557. The summed E-state index contributed by atoms with van der Waals surface area (Å²) in [5.41, 5.74) is 2.94. The number of aromatic nitrogens is 2. The molecule has 2 heterocycles. The van der Waals surface area contributed by atoms with Gasteiger partial charge in [-0.3, -0.25) is 14.5 Å². The summed E-state index contributed by atoms with van der Waals surface area (Å²) < 4.78 is 21.2. The lowest BCUT2D eigenvalue weighted by atomic mass is 9.91. The van der Waals surface area contributed by atoms with E-state index in [9.17, 15) is 14.4 Å². The van der Waals surface area contributed by atoms with Crippen LogP contribution >= 0.6 is 15.9 Å². The highest BCUT2D eigenvalue weighted by Gasteiger charge is 2.46. The number of imidazole rings is 1. The van der Waals surface area contributed by atoms with E-state index >= 15 is 4.39 Å². The summed E-state index contributed by atoms with van der Waals surface area (Å²) in [6.07, 6.45) is 0.505. The fourth-order valence-corrected chi connectivity index (χ4v) is 5.61. The SMILES string of the molecule is CCc1nc(C([C@@H](C)c2ccccc2)N2C(=O)N[C@H](c3ccc(OCC(=O)N(C)C)cc3)C2=O)[nH]c1-c1ccc(Br)cc1F. The number of rotatable bonds is 10. The van der Waals surface area contributed by atoms with Gasteiger partial charge in [-0.05, 0) is 47.9 Å². The molecule has 4 amide bonds. The molecule has 1 unspecified atom stereocenters. The van der Waals surface area contributed by atoms with Gasteiger partial charge in [0.2, 0.25) is 0 Å². The van der Waals surface area contributed by atoms with Crippen LogP contribution in [0.5, 0.6) is 5.75 Å². The summed E-state index contributed by atoms with van der Waals surface area (Å²) >= 11 is 3.31. The van der Waals surface area contributed by atoms with Crippen LogP contribution in [0, 0.1) is 5.82 Å². The number of nitrogens with one attached hydrogen (secondary N) is 2. The monoisotopic (exact) mass is 661 g/mol. The lowest BCUT2D eigenvalue weighted by Crippen LogP contribution is -2.38. The van der Waals surface area contributed by atoms with Gasteiger partial charge in [-0.25, -0.2) is 14.2 Å². The van der Waals surface area contributed by atoms with Gasteiger partial charge in [-0.15, -0.1) is 0 Å². The molecule has 1 saturated heterocycles. The number of benzene rings is 3. The first-order valence-corrected chi connectivity index (χ1v) is 15.0. The van der Waals surface area contributed by atoms with Crippen LogP contribution in [0.15, 0.2) is 77.3 Å². The van der Waals surface area contributed by atoms with Crippen molar-refractivity contribution in [2.75, 3.05) is 20.7 Å². The number of aryl methyl sites for hydroxylation is 1. The molecule has 44 heavy (non-hydrogen) atoms. The summed E-state index contributed by atoms with van der Waals surface area (Å²) in [4.78, 5) is 50.2. The zero-order valence-corrected chi connectivity index (χ0v) is 26.4.